The number of hydrogen-bond acceptors (Lipinski definition) is 3. The lowest BCUT2D eigenvalue weighted by molar-refractivity contribution is 0.264. The Hall–Kier alpha value is -1.55. The van der Waals surface area contributed by atoms with Crippen molar-refractivity contribution in [3.63, 3.8) is 0 Å². The number of nitrogens with two attached hydrogens (primary N) is 1. The fourth-order valence-electron chi connectivity index (χ4n) is 2.46. The molecule has 0 saturated carbocycles. The second-order valence-corrected chi connectivity index (χ2v) is 5.29. The number of rotatable bonds is 7. The van der Waals surface area contributed by atoms with Gasteiger partial charge in [0.15, 0.2) is 0 Å². The second-order valence-electron chi connectivity index (χ2n) is 5.29. The SMILES string of the molecule is COc1cc(CN(CCN)Cc2ccccc2)ccc1C.Cl. The standard InChI is InChI=1S/C18H24N2O.ClH/c1-15-8-9-17(12-18(15)21-2)14-20(11-10-19)13-16-6-4-3-5-7-16;/h3-9,12H,10-11,13-14,19H2,1-2H3;1H. The van der Waals surface area contributed by atoms with Crippen LogP contribution in [0.1, 0.15) is 16.7 Å². The zero-order valence-electron chi connectivity index (χ0n) is 13.3. The molecule has 0 aliphatic carbocycles. The molecule has 0 saturated heterocycles. The molecule has 120 valence electrons. The predicted molar refractivity (Wildman–Crippen MR) is 94.6 cm³/mol. The van der Waals surface area contributed by atoms with Gasteiger partial charge in [-0.25, -0.2) is 0 Å². The van der Waals surface area contributed by atoms with Crippen LogP contribution in [0.3, 0.4) is 0 Å². The van der Waals surface area contributed by atoms with Gasteiger partial charge in [-0.1, -0.05) is 42.5 Å². The third-order valence-electron chi connectivity index (χ3n) is 3.57. The van der Waals surface area contributed by atoms with E-state index in [9.17, 15) is 0 Å². The van der Waals surface area contributed by atoms with Crippen molar-refractivity contribution in [2.24, 2.45) is 5.73 Å². The zero-order chi connectivity index (χ0) is 15.1. The van der Waals surface area contributed by atoms with Gasteiger partial charge in [0.2, 0.25) is 0 Å². The number of aryl methyl sites for hydroxylation is 1. The minimum Gasteiger partial charge on any atom is -0.496 e. The smallest absolute Gasteiger partial charge is 0.122 e. The van der Waals surface area contributed by atoms with Crippen LogP contribution in [0.4, 0.5) is 0 Å². The molecule has 2 aromatic carbocycles. The lowest BCUT2D eigenvalue weighted by atomic mass is 10.1. The monoisotopic (exact) mass is 320 g/mol. The van der Waals surface area contributed by atoms with Crippen molar-refractivity contribution in [1.29, 1.82) is 0 Å². The van der Waals surface area contributed by atoms with E-state index >= 15 is 0 Å². The maximum Gasteiger partial charge on any atom is 0.122 e. The molecule has 0 unspecified atom stereocenters. The summed E-state index contributed by atoms with van der Waals surface area (Å²) < 4.78 is 5.40. The van der Waals surface area contributed by atoms with E-state index in [-0.39, 0.29) is 12.4 Å². The molecule has 0 atom stereocenters. The van der Waals surface area contributed by atoms with Crippen molar-refractivity contribution in [2.75, 3.05) is 20.2 Å². The molecule has 0 radical (unpaired) electrons. The number of halogens is 1. The molecule has 0 bridgehead atoms. The Balaban J connectivity index is 0.00000242. The quantitative estimate of drug-likeness (QED) is 0.850. The molecule has 0 fully saturated rings. The average Bonchev–Trinajstić information content (AvgIpc) is 2.50. The van der Waals surface area contributed by atoms with Crippen molar-refractivity contribution in [2.45, 2.75) is 20.0 Å². The Kier molecular flexibility index (Phi) is 7.96. The molecule has 3 nitrogen and oxygen atoms in total. The van der Waals surface area contributed by atoms with E-state index in [2.05, 4.69) is 54.3 Å². The molecule has 0 aliphatic rings. The number of hydrogen-bond donors (Lipinski definition) is 1. The lowest BCUT2D eigenvalue weighted by Gasteiger charge is -2.22. The van der Waals surface area contributed by atoms with Crippen LogP contribution in [0.5, 0.6) is 5.75 Å². The van der Waals surface area contributed by atoms with Gasteiger partial charge in [-0.2, -0.15) is 0 Å². The van der Waals surface area contributed by atoms with E-state index in [1.165, 1.54) is 11.1 Å². The number of benzene rings is 2. The van der Waals surface area contributed by atoms with Crippen molar-refractivity contribution >= 4 is 12.4 Å². The summed E-state index contributed by atoms with van der Waals surface area (Å²) in [5.41, 5.74) is 9.47. The van der Waals surface area contributed by atoms with Crippen molar-refractivity contribution < 1.29 is 4.74 Å². The van der Waals surface area contributed by atoms with Gasteiger partial charge in [0.1, 0.15) is 5.75 Å². The summed E-state index contributed by atoms with van der Waals surface area (Å²) in [6.07, 6.45) is 0. The van der Waals surface area contributed by atoms with Gasteiger partial charge in [0.05, 0.1) is 7.11 Å². The maximum absolute atomic E-state index is 5.75. The lowest BCUT2D eigenvalue weighted by Crippen LogP contribution is -2.28. The van der Waals surface area contributed by atoms with Crippen LogP contribution in [0.15, 0.2) is 48.5 Å². The van der Waals surface area contributed by atoms with Crippen LogP contribution in [0, 0.1) is 6.92 Å². The third-order valence-corrected chi connectivity index (χ3v) is 3.57. The zero-order valence-corrected chi connectivity index (χ0v) is 14.1. The highest BCUT2D eigenvalue weighted by atomic mass is 35.5. The average molecular weight is 321 g/mol. The molecule has 22 heavy (non-hydrogen) atoms. The Bertz CT molecular complexity index is 560. The first-order valence-corrected chi connectivity index (χ1v) is 7.33. The van der Waals surface area contributed by atoms with Gasteiger partial charge in [-0.3, -0.25) is 4.90 Å². The summed E-state index contributed by atoms with van der Waals surface area (Å²) in [5, 5.41) is 0. The maximum atomic E-state index is 5.75. The van der Waals surface area contributed by atoms with Gasteiger partial charge in [-0.05, 0) is 29.7 Å². The van der Waals surface area contributed by atoms with Crippen LogP contribution in [0.25, 0.3) is 0 Å². The highest BCUT2D eigenvalue weighted by Crippen LogP contribution is 2.20. The second kappa shape index (κ2) is 9.46. The predicted octanol–water partition coefficient (Wildman–Crippen LogP) is 3.39. The third kappa shape index (κ3) is 5.34. The van der Waals surface area contributed by atoms with Crippen molar-refractivity contribution in [3.8, 4) is 5.75 Å². The van der Waals surface area contributed by atoms with E-state index in [1.54, 1.807) is 7.11 Å². The first-order valence-electron chi connectivity index (χ1n) is 7.33. The summed E-state index contributed by atoms with van der Waals surface area (Å²) in [6.45, 7) is 5.39. The van der Waals surface area contributed by atoms with Crippen LogP contribution in [0.2, 0.25) is 0 Å². The molecule has 2 N–H and O–H groups in total. The Morgan fingerprint density at radius 1 is 1.00 bits per heavy atom. The van der Waals surface area contributed by atoms with Crippen molar-refractivity contribution in [3.05, 3.63) is 65.2 Å². The molecule has 2 rings (SSSR count). The largest absolute Gasteiger partial charge is 0.496 e. The van der Waals surface area contributed by atoms with Gasteiger partial charge in [0.25, 0.3) is 0 Å². The topological polar surface area (TPSA) is 38.5 Å². The molecule has 2 aromatic rings. The van der Waals surface area contributed by atoms with Crippen LogP contribution in [-0.4, -0.2) is 25.1 Å². The normalized spacial score (nSPS) is 10.4. The highest BCUT2D eigenvalue weighted by molar-refractivity contribution is 5.85. The van der Waals surface area contributed by atoms with Crippen LogP contribution in [-0.2, 0) is 13.1 Å². The molecule has 0 aromatic heterocycles. The van der Waals surface area contributed by atoms with E-state index < -0.39 is 0 Å². The first kappa shape index (κ1) is 18.5. The van der Waals surface area contributed by atoms with Crippen LogP contribution >= 0.6 is 12.4 Å². The number of methoxy groups -OCH3 is 1. The fraction of sp³-hybridized carbons (Fsp3) is 0.333. The molecular weight excluding hydrogens is 296 g/mol. The number of nitrogens with zero attached hydrogens (tertiary/aromatic N) is 1. The molecular formula is C18H25ClN2O. The molecule has 4 heteroatoms. The summed E-state index contributed by atoms with van der Waals surface area (Å²) in [4.78, 5) is 2.36. The molecule has 0 aliphatic heterocycles. The fourth-order valence-corrected chi connectivity index (χ4v) is 2.46. The molecule has 0 heterocycles. The number of ether oxygens (including phenoxy) is 1. The summed E-state index contributed by atoms with van der Waals surface area (Å²) >= 11 is 0. The molecule has 0 spiro atoms. The minimum absolute atomic E-state index is 0. The summed E-state index contributed by atoms with van der Waals surface area (Å²) in [5.74, 6) is 0.944. The van der Waals surface area contributed by atoms with E-state index in [1.807, 2.05) is 6.07 Å². The summed E-state index contributed by atoms with van der Waals surface area (Å²) in [7, 11) is 1.72. The van der Waals surface area contributed by atoms with E-state index in [0.717, 1.165) is 30.9 Å². The summed E-state index contributed by atoms with van der Waals surface area (Å²) in [6, 6.07) is 16.9. The van der Waals surface area contributed by atoms with Gasteiger partial charge >= 0.3 is 0 Å². The van der Waals surface area contributed by atoms with Crippen molar-refractivity contribution in [1.82, 2.24) is 4.90 Å². The minimum atomic E-state index is 0. The Morgan fingerprint density at radius 2 is 1.68 bits per heavy atom. The van der Waals surface area contributed by atoms with Gasteiger partial charge in [0, 0.05) is 26.2 Å². The van der Waals surface area contributed by atoms with Gasteiger partial charge < -0.3 is 10.5 Å². The Morgan fingerprint density at radius 3 is 2.32 bits per heavy atom. The highest BCUT2D eigenvalue weighted by Gasteiger charge is 2.08. The molecule has 0 amide bonds. The Labute approximate surface area is 139 Å². The van der Waals surface area contributed by atoms with E-state index in [0.29, 0.717) is 6.54 Å². The first-order chi connectivity index (χ1) is 10.2. The van der Waals surface area contributed by atoms with Gasteiger partial charge in [-0.15, -0.1) is 12.4 Å². The van der Waals surface area contributed by atoms with E-state index in [4.69, 9.17) is 10.5 Å². The van der Waals surface area contributed by atoms with Crippen LogP contribution < -0.4 is 10.5 Å².